The number of amides is 1. The normalized spacial score (nSPS) is 21.1. The number of hydrogen-bond donors (Lipinski definition) is 1. The number of aryl methyl sites for hydroxylation is 1. The number of hydrogen-bond acceptors (Lipinski definition) is 3. The number of benzene rings is 1. The summed E-state index contributed by atoms with van der Waals surface area (Å²) in [6.07, 6.45) is 0. The maximum absolute atomic E-state index is 11.5. The number of rotatable bonds is 0. The fraction of sp³-hybridized carbons (Fsp3) is 0.333. The van der Waals surface area contributed by atoms with Gasteiger partial charge in [-0.05, 0) is 25.5 Å². The van der Waals surface area contributed by atoms with E-state index in [1.807, 2.05) is 24.0 Å². The van der Waals surface area contributed by atoms with Gasteiger partial charge < -0.3 is 4.90 Å². The van der Waals surface area contributed by atoms with Crippen molar-refractivity contribution in [2.75, 3.05) is 0 Å². The number of carbonyl (C=O) groups excluding carboxylic acids is 1. The van der Waals surface area contributed by atoms with Crippen molar-refractivity contribution in [2.45, 2.75) is 26.4 Å². The zero-order valence-electron chi connectivity index (χ0n) is 9.73. The van der Waals surface area contributed by atoms with Gasteiger partial charge in [-0.1, -0.05) is 17.7 Å². The number of halogens is 1. The van der Waals surface area contributed by atoms with Crippen LogP contribution >= 0.6 is 12.4 Å². The predicted octanol–water partition coefficient (Wildman–Crippen LogP) is 1.74. The maximum Gasteiger partial charge on any atom is 0.249 e. The van der Waals surface area contributed by atoms with Crippen LogP contribution in [0.4, 0.5) is 5.69 Å². The number of nitrogens with one attached hydrogen (secondary N) is 1. The largest absolute Gasteiger partial charge is 0.326 e. The molecule has 2 heterocycles. The highest BCUT2D eigenvalue weighted by atomic mass is 35.5. The third-order valence-corrected chi connectivity index (χ3v) is 3.16. The lowest BCUT2D eigenvalue weighted by Crippen LogP contribution is -2.35. The molecule has 2 aliphatic rings. The van der Waals surface area contributed by atoms with E-state index in [2.05, 4.69) is 23.3 Å². The van der Waals surface area contributed by atoms with Gasteiger partial charge in [0.25, 0.3) is 0 Å². The van der Waals surface area contributed by atoms with Crippen LogP contribution in [0.3, 0.4) is 0 Å². The molecule has 3 rings (SSSR count). The van der Waals surface area contributed by atoms with Crippen LogP contribution < -0.4 is 5.32 Å². The minimum Gasteiger partial charge on any atom is -0.326 e. The standard InChI is InChI=1S/C12H13N3O.ClH/c1-7-3-4-10-9(5-7)6-15-8(2)11(16)14-12(15)13-10;/h3-5,8H,6H2,1-2H3,(H,13,14,16);1H. The van der Waals surface area contributed by atoms with Crippen molar-refractivity contribution in [3.8, 4) is 0 Å². The lowest BCUT2D eigenvalue weighted by molar-refractivity contribution is -0.121. The van der Waals surface area contributed by atoms with Crippen LogP contribution in [0.25, 0.3) is 0 Å². The van der Waals surface area contributed by atoms with Gasteiger partial charge in [-0.2, -0.15) is 0 Å². The molecule has 1 atom stereocenters. The van der Waals surface area contributed by atoms with Gasteiger partial charge in [0.1, 0.15) is 6.04 Å². The van der Waals surface area contributed by atoms with Crippen molar-refractivity contribution >= 4 is 30.0 Å². The number of nitrogens with zero attached hydrogens (tertiary/aromatic N) is 2. The molecule has 0 bridgehead atoms. The monoisotopic (exact) mass is 251 g/mol. The number of carbonyl (C=O) groups is 1. The van der Waals surface area contributed by atoms with Crippen molar-refractivity contribution in [1.29, 1.82) is 0 Å². The highest BCUT2D eigenvalue weighted by Gasteiger charge is 2.35. The summed E-state index contributed by atoms with van der Waals surface area (Å²) < 4.78 is 0. The first kappa shape index (κ1) is 11.9. The van der Waals surface area contributed by atoms with Gasteiger partial charge in [-0.3, -0.25) is 10.1 Å². The van der Waals surface area contributed by atoms with E-state index in [1.54, 1.807) is 0 Å². The van der Waals surface area contributed by atoms with Gasteiger partial charge in [-0.25, -0.2) is 4.99 Å². The average molecular weight is 252 g/mol. The Labute approximate surface area is 106 Å². The molecule has 0 aromatic heterocycles. The average Bonchev–Trinajstić information content (AvgIpc) is 2.52. The van der Waals surface area contributed by atoms with E-state index >= 15 is 0 Å². The summed E-state index contributed by atoms with van der Waals surface area (Å²) in [5.74, 6) is 0.720. The molecule has 1 unspecified atom stereocenters. The Hall–Kier alpha value is -1.55. The molecule has 4 nitrogen and oxygen atoms in total. The second-order valence-electron chi connectivity index (χ2n) is 4.36. The Bertz CT molecular complexity index is 512. The molecule has 1 aromatic rings. The van der Waals surface area contributed by atoms with E-state index in [-0.39, 0.29) is 24.4 Å². The third-order valence-electron chi connectivity index (χ3n) is 3.16. The predicted molar refractivity (Wildman–Crippen MR) is 68.7 cm³/mol. The fourth-order valence-corrected chi connectivity index (χ4v) is 2.16. The molecule has 1 aromatic carbocycles. The Morgan fingerprint density at radius 3 is 3.00 bits per heavy atom. The summed E-state index contributed by atoms with van der Waals surface area (Å²) in [5, 5.41) is 2.80. The van der Waals surface area contributed by atoms with E-state index in [1.165, 1.54) is 11.1 Å². The first-order valence-corrected chi connectivity index (χ1v) is 5.41. The van der Waals surface area contributed by atoms with Crippen LogP contribution in [0, 0.1) is 6.92 Å². The van der Waals surface area contributed by atoms with Crippen LogP contribution in [0.2, 0.25) is 0 Å². The minimum absolute atomic E-state index is 0. The van der Waals surface area contributed by atoms with Gasteiger partial charge in [0.15, 0.2) is 0 Å². The smallest absolute Gasteiger partial charge is 0.249 e. The first-order chi connectivity index (χ1) is 7.65. The molecular weight excluding hydrogens is 238 g/mol. The molecule has 1 N–H and O–H groups in total. The molecular formula is C12H14ClN3O. The Morgan fingerprint density at radius 2 is 2.24 bits per heavy atom. The molecule has 0 radical (unpaired) electrons. The summed E-state index contributed by atoms with van der Waals surface area (Å²) in [6.45, 7) is 4.73. The molecule has 17 heavy (non-hydrogen) atoms. The van der Waals surface area contributed by atoms with Crippen molar-refractivity contribution in [3.05, 3.63) is 29.3 Å². The molecule has 5 heteroatoms. The van der Waals surface area contributed by atoms with E-state index in [9.17, 15) is 4.79 Å². The molecule has 1 fully saturated rings. The summed E-state index contributed by atoms with van der Waals surface area (Å²) in [6, 6.07) is 6.06. The molecule has 2 aliphatic heterocycles. The number of fused-ring (bicyclic) bond motifs is 2. The zero-order chi connectivity index (χ0) is 11.3. The Balaban J connectivity index is 0.00000108. The van der Waals surface area contributed by atoms with Crippen LogP contribution in [0.15, 0.2) is 23.2 Å². The van der Waals surface area contributed by atoms with E-state index in [4.69, 9.17) is 0 Å². The quantitative estimate of drug-likeness (QED) is 0.763. The summed E-state index contributed by atoms with van der Waals surface area (Å²) in [7, 11) is 0. The van der Waals surface area contributed by atoms with Gasteiger partial charge in [0.05, 0.1) is 5.69 Å². The van der Waals surface area contributed by atoms with Crippen molar-refractivity contribution in [2.24, 2.45) is 4.99 Å². The highest BCUT2D eigenvalue weighted by molar-refractivity contribution is 6.07. The summed E-state index contributed by atoms with van der Waals surface area (Å²) in [5.41, 5.74) is 3.38. The van der Waals surface area contributed by atoms with Crippen LogP contribution in [0.1, 0.15) is 18.1 Å². The molecule has 90 valence electrons. The summed E-state index contributed by atoms with van der Waals surface area (Å²) >= 11 is 0. The molecule has 0 spiro atoms. The van der Waals surface area contributed by atoms with Crippen LogP contribution in [-0.2, 0) is 11.3 Å². The zero-order valence-corrected chi connectivity index (χ0v) is 10.5. The second-order valence-corrected chi connectivity index (χ2v) is 4.36. The molecule has 1 saturated heterocycles. The minimum atomic E-state index is -0.118. The van der Waals surface area contributed by atoms with E-state index in [0.29, 0.717) is 5.96 Å². The number of aliphatic imine (C=N–C) groups is 1. The van der Waals surface area contributed by atoms with Crippen LogP contribution in [-0.4, -0.2) is 22.8 Å². The Kier molecular flexibility index (Phi) is 2.83. The maximum atomic E-state index is 11.5. The van der Waals surface area contributed by atoms with Gasteiger partial charge in [-0.15, -0.1) is 12.4 Å². The lowest BCUT2D eigenvalue weighted by atomic mass is 10.1. The number of guanidine groups is 1. The topological polar surface area (TPSA) is 44.7 Å². The molecule has 1 amide bonds. The van der Waals surface area contributed by atoms with Gasteiger partial charge in [0, 0.05) is 6.54 Å². The van der Waals surface area contributed by atoms with Crippen molar-refractivity contribution in [1.82, 2.24) is 10.2 Å². The van der Waals surface area contributed by atoms with E-state index in [0.717, 1.165) is 12.2 Å². The van der Waals surface area contributed by atoms with Gasteiger partial charge >= 0.3 is 0 Å². The second kappa shape index (κ2) is 4.04. The SMILES string of the molecule is Cc1ccc2c(c1)CN1C(=N2)NC(=O)C1C.Cl. The Morgan fingerprint density at radius 1 is 1.47 bits per heavy atom. The summed E-state index contributed by atoms with van der Waals surface area (Å²) in [4.78, 5) is 18.0. The van der Waals surface area contributed by atoms with Crippen molar-refractivity contribution in [3.63, 3.8) is 0 Å². The molecule has 0 aliphatic carbocycles. The fourth-order valence-electron chi connectivity index (χ4n) is 2.16. The van der Waals surface area contributed by atoms with E-state index < -0.39 is 0 Å². The highest BCUT2D eigenvalue weighted by Crippen LogP contribution is 2.29. The molecule has 0 saturated carbocycles. The lowest BCUT2D eigenvalue weighted by Gasteiger charge is -2.26. The van der Waals surface area contributed by atoms with Crippen molar-refractivity contribution < 1.29 is 4.79 Å². The van der Waals surface area contributed by atoms with Crippen LogP contribution in [0.5, 0.6) is 0 Å². The van der Waals surface area contributed by atoms with Gasteiger partial charge in [0.2, 0.25) is 11.9 Å². The third kappa shape index (κ3) is 1.78. The first-order valence-electron chi connectivity index (χ1n) is 5.41.